The van der Waals surface area contributed by atoms with Crippen molar-refractivity contribution in [2.24, 2.45) is 12.8 Å². The Labute approximate surface area is 107 Å². The zero-order chi connectivity index (χ0) is 12.5. The molecular weight excluding hydrogens is 224 g/mol. The maximum atomic E-state index is 5.69. The van der Waals surface area contributed by atoms with Crippen LogP contribution in [-0.2, 0) is 7.05 Å². The first-order chi connectivity index (χ1) is 8.81. The molecule has 1 aliphatic rings. The lowest BCUT2D eigenvalue weighted by Crippen LogP contribution is -2.30. The average Bonchev–Trinajstić information content (AvgIpc) is 2.96. The largest absolute Gasteiger partial charge is 0.330 e. The first-order valence-corrected chi connectivity index (χ1v) is 6.66. The van der Waals surface area contributed by atoms with Gasteiger partial charge in [-0.05, 0) is 31.5 Å². The number of imidazole rings is 1. The Morgan fingerprint density at radius 2 is 2.22 bits per heavy atom. The number of hydrogen-bond acceptors (Lipinski definition) is 3. The van der Waals surface area contributed by atoms with Crippen molar-refractivity contribution < 1.29 is 0 Å². The molecule has 4 nitrogen and oxygen atoms in total. The number of nitrogens with zero attached hydrogens (tertiary/aromatic N) is 3. The summed E-state index contributed by atoms with van der Waals surface area (Å²) in [4.78, 5) is 7.27. The van der Waals surface area contributed by atoms with Crippen molar-refractivity contribution in [3.05, 3.63) is 30.1 Å². The molecule has 0 spiro atoms. The van der Waals surface area contributed by atoms with E-state index in [1.165, 1.54) is 24.2 Å². The van der Waals surface area contributed by atoms with Crippen molar-refractivity contribution in [2.75, 3.05) is 19.6 Å². The summed E-state index contributed by atoms with van der Waals surface area (Å²) in [5.41, 5.74) is 8.00. The van der Waals surface area contributed by atoms with Gasteiger partial charge in [-0.2, -0.15) is 0 Å². The van der Waals surface area contributed by atoms with Crippen LogP contribution in [0.5, 0.6) is 0 Å². The van der Waals surface area contributed by atoms with Crippen LogP contribution in [0.4, 0.5) is 0 Å². The van der Waals surface area contributed by atoms with Crippen LogP contribution in [0.1, 0.15) is 24.7 Å². The lowest BCUT2D eigenvalue weighted by atomic mass is 10.2. The molecule has 96 valence electrons. The number of para-hydroxylation sites is 2. The van der Waals surface area contributed by atoms with Crippen LogP contribution in [0.25, 0.3) is 11.0 Å². The van der Waals surface area contributed by atoms with Crippen LogP contribution in [0.15, 0.2) is 24.3 Å². The molecule has 1 fully saturated rings. The highest BCUT2D eigenvalue weighted by Gasteiger charge is 2.28. The number of aromatic nitrogens is 2. The fourth-order valence-corrected chi connectivity index (χ4v) is 3.01. The van der Waals surface area contributed by atoms with E-state index in [0.717, 1.165) is 25.2 Å². The molecule has 1 aromatic heterocycles. The first kappa shape index (κ1) is 11.7. The number of rotatable bonds is 3. The Bertz CT molecular complexity index is 546. The Morgan fingerprint density at radius 1 is 1.39 bits per heavy atom. The van der Waals surface area contributed by atoms with Gasteiger partial charge in [0.2, 0.25) is 0 Å². The highest BCUT2D eigenvalue weighted by atomic mass is 15.2. The maximum absolute atomic E-state index is 5.69. The van der Waals surface area contributed by atoms with Crippen LogP contribution in [0.2, 0.25) is 0 Å². The van der Waals surface area contributed by atoms with Crippen molar-refractivity contribution in [3.8, 4) is 0 Å². The minimum atomic E-state index is 0.436. The van der Waals surface area contributed by atoms with Crippen LogP contribution in [-0.4, -0.2) is 34.1 Å². The molecule has 0 aliphatic carbocycles. The average molecular weight is 244 g/mol. The third kappa shape index (κ3) is 1.82. The number of fused-ring (bicyclic) bond motifs is 1. The molecule has 4 heteroatoms. The summed E-state index contributed by atoms with van der Waals surface area (Å²) in [6.07, 6.45) is 2.44. The molecule has 1 atom stereocenters. The van der Waals surface area contributed by atoms with Gasteiger partial charge in [0.1, 0.15) is 5.82 Å². The SMILES string of the molecule is Cn1c(C2CCCN2CCN)nc2ccccc21. The van der Waals surface area contributed by atoms with Crippen LogP contribution in [0.3, 0.4) is 0 Å². The van der Waals surface area contributed by atoms with E-state index >= 15 is 0 Å². The summed E-state index contributed by atoms with van der Waals surface area (Å²) in [5.74, 6) is 1.18. The second kappa shape index (κ2) is 4.71. The molecular formula is C14H20N4. The fraction of sp³-hybridized carbons (Fsp3) is 0.500. The summed E-state index contributed by atoms with van der Waals surface area (Å²) in [6, 6.07) is 8.77. The van der Waals surface area contributed by atoms with Gasteiger partial charge < -0.3 is 10.3 Å². The molecule has 1 saturated heterocycles. The normalized spacial score (nSPS) is 20.9. The van der Waals surface area contributed by atoms with E-state index < -0.39 is 0 Å². The predicted molar refractivity (Wildman–Crippen MR) is 73.3 cm³/mol. The summed E-state index contributed by atoms with van der Waals surface area (Å²) < 4.78 is 2.23. The predicted octanol–water partition coefficient (Wildman–Crippen LogP) is 1.67. The Morgan fingerprint density at radius 3 is 3.00 bits per heavy atom. The van der Waals surface area contributed by atoms with Crippen LogP contribution >= 0.6 is 0 Å². The van der Waals surface area contributed by atoms with Gasteiger partial charge in [-0.25, -0.2) is 4.98 Å². The zero-order valence-corrected chi connectivity index (χ0v) is 10.8. The number of benzene rings is 1. The molecule has 2 aromatic rings. The van der Waals surface area contributed by atoms with Gasteiger partial charge in [-0.3, -0.25) is 4.90 Å². The molecule has 0 bridgehead atoms. The zero-order valence-electron chi connectivity index (χ0n) is 10.8. The molecule has 1 aromatic carbocycles. The van der Waals surface area contributed by atoms with Gasteiger partial charge in [0.25, 0.3) is 0 Å². The molecule has 2 N–H and O–H groups in total. The smallest absolute Gasteiger partial charge is 0.127 e. The summed E-state index contributed by atoms with van der Waals surface area (Å²) in [5, 5.41) is 0. The van der Waals surface area contributed by atoms with Crippen LogP contribution < -0.4 is 5.73 Å². The monoisotopic (exact) mass is 244 g/mol. The Balaban J connectivity index is 2.00. The van der Waals surface area contributed by atoms with Gasteiger partial charge in [0.05, 0.1) is 17.1 Å². The third-order valence-electron chi connectivity index (χ3n) is 3.90. The van der Waals surface area contributed by atoms with E-state index in [-0.39, 0.29) is 0 Å². The quantitative estimate of drug-likeness (QED) is 0.893. The van der Waals surface area contributed by atoms with E-state index in [1.54, 1.807) is 0 Å². The highest BCUT2D eigenvalue weighted by molar-refractivity contribution is 5.75. The highest BCUT2D eigenvalue weighted by Crippen LogP contribution is 2.32. The molecule has 3 rings (SSSR count). The van der Waals surface area contributed by atoms with E-state index in [4.69, 9.17) is 10.7 Å². The van der Waals surface area contributed by atoms with E-state index in [1.807, 2.05) is 6.07 Å². The van der Waals surface area contributed by atoms with Crippen LogP contribution in [0, 0.1) is 0 Å². The van der Waals surface area contributed by atoms with E-state index in [9.17, 15) is 0 Å². The van der Waals surface area contributed by atoms with E-state index in [0.29, 0.717) is 6.04 Å². The van der Waals surface area contributed by atoms with Gasteiger partial charge in [0, 0.05) is 20.1 Å². The Kier molecular flexibility index (Phi) is 3.06. The fourth-order valence-electron chi connectivity index (χ4n) is 3.01. The van der Waals surface area contributed by atoms with Crippen molar-refractivity contribution in [2.45, 2.75) is 18.9 Å². The summed E-state index contributed by atoms with van der Waals surface area (Å²) in [6.45, 7) is 2.83. The molecule has 1 unspecified atom stereocenters. The molecule has 0 radical (unpaired) electrons. The van der Waals surface area contributed by atoms with Crippen molar-refractivity contribution in [3.63, 3.8) is 0 Å². The summed E-state index contributed by atoms with van der Waals surface area (Å²) >= 11 is 0. The van der Waals surface area contributed by atoms with Gasteiger partial charge in [-0.15, -0.1) is 0 Å². The maximum Gasteiger partial charge on any atom is 0.127 e. The standard InChI is InChI=1S/C14H20N4/c1-17-12-6-3-2-5-11(12)16-14(17)13-7-4-9-18(13)10-8-15/h2-3,5-6,13H,4,7-10,15H2,1H3. The Hall–Kier alpha value is -1.39. The first-order valence-electron chi connectivity index (χ1n) is 6.66. The summed E-state index contributed by atoms with van der Waals surface area (Å²) in [7, 11) is 2.11. The van der Waals surface area contributed by atoms with Gasteiger partial charge in [-0.1, -0.05) is 12.1 Å². The van der Waals surface area contributed by atoms with E-state index in [2.05, 4.69) is 34.7 Å². The number of hydrogen-bond donors (Lipinski definition) is 1. The van der Waals surface area contributed by atoms with Crippen molar-refractivity contribution in [1.82, 2.24) is 14.5 Å². The number of aryl methyl sites for hydroxylation is 1. The van der Waals surface area contributed by atoms with Gasteiger partial charge in [0.15, 0.2) is 0 Å². The minimum absolute atomic E-state index is 0.436. The second-order valence-corrected chi connectivity index (χ2v) is 5.00. The second-order valence-electron chi connectivity index (χ2n) is 5.00. The lowest BCUT2D eigenvalue weighted by molar-refractivity contribution is 0.253. The topological polar surface area (TPSA) is 47.1 Å². The lowest BCUT2D eigenvalue weighted by Gasteiger charge is -2.23. The third-order valence-corrected chi connectivity index (χ3v) is 3.90. The molecule has 2 heterocycles. The minimum Gasteiger partial charge on any atom is -0.330 e. The van der Waals surface area contributed by atoms with Crippen molar-refractivity contribution in [1.29, 1.82) is 0 Å². The van der Waals surface area contributed by atoms with Gasteiger partial charge >= 0.3 is 0 Å². The number of nitrogens with two attached hydrogens (primary N) is 1. The van der Waals surface area contributed by atoms with Crippen molar-refractivity contribution >= 4 is 11.0 Å². The molecule has 0 amide bonds. The molecule has 1 aliphatic heterocycles. The molecule has 0 saturated carbocycles. The molecule has 18 heavy (non-hydrogen) atoms. The number of likely N-dealkylation sites (tertiary alicyclic amines) is 1.